The van der Waals surface area contributed by atoms with Gasteiger partial charge in [-0.2, -0.15) is 10.1 Å². The molecule has 25 heavy (non-hydrogen) atoms. The second kappa shape index (κ2) is 7.62. The fourth-order valence-corrected chi connectivity index (χ4v) is 3.59. The van der Waals surface area contributed by atoms with E-state index in [9.17, 15) is 4.79 Å². The van der Waals surface area contributed by atoms with Crippen molar-refractivity contribution in [1.82, 2.24) is 14.3 Å². The summed E-state index contributed by atoms with van der Waals surface area (Å²) in [5.74, 6) is 0.457. The number of rotatable bonds is 6. The van der Waals surface area contributed by atoms with Crippen molar-refractivity contribution in [2.75, 3.05) is 20.3 Å². The van der Waals surface area contributed by atoms with Gasteiger partial charge in [-0.1, -0.05) is 11.3 Å². The first kappa shape index (κ1) is 17.4. The minimum Gasteiger partial charge on any atom is -0.497 e. The standard InChI is InChI=1S/C17H20N4O3S/c1-4-24-10-9-21-13-6-5-12(23-3)11-15(13)25-17(21)19-16(22)14-7-8-18-20(14)2/h5-8,11H,4,9-10H2,1-3H3. The van der Waals surface area contributed by atoms with Crippen LogP contribution in [0, 0.1) is 0 Å². The highest BCUT2D eigenvalue weighted by Crippen LogP contribution is 2.23. The Balaban J connectivity index is 2.08. The lowest BCUT2D eigenvalue weighted by Crippen LogP contribution is -2.20. The van der Waals surface area contributed by atoms with Crippen molar-refractivity contribution in [3.05, 3.63) is 41.0 Å². The number of amides is 1. The molecule has 8 heteroatoms. The number of hydrogen-bond donors (Lipinski definition) is 0. The molecule has 0 unspecified atom stereocenters. The van der Waals surface area contributed by atoms with E-state index < -0.39 is 0 Å². The number of hydrogen-bond acceptors (Lipinski definition) is 5. The fourth-order valence-electron chi connectivity index (χ4n) is 2.51. The Morgan fingerprint density at radius 1 is 1.36 bits per heavy atom. The van der Waals surface area contributed by atoms with Gasteiger partial charge in [-0.25, -0.2) is 0 Å². The van der Waals surface area contributed by atoms with Crippen LogP contribution in [-0.4, -0.2) is 40.6 Å². The first-order valence-corrected chi connectivity index (χ1v) is 8.78. The average Bonchev–Trinajstić information content (AvgIpc) is 3.18. The van der Waals surface area contributed by atoms with Crippen molar-refractivity contribution in [2.45, 2.75) is 13.5 Å². The maximum atomic E-state index is 12.5. The summed E-state index contributed by atoms with van der Waals surface area (Å²) in [4.78, 5) is 17.4. The third-order valence-electron chi connectivity index (χ3n) is 3.79. The van der Waals surface area contributed by atoms with E-state index in [1.165, 1.54) is 16.0 Å². The van der Waals surface area contributed by atoms with Crippen LogP contribution in [0.4, 0.5) is 0 Å². The second-order valence-electron chi connectivity index (χ2n) is 5.32. The number of thiazole rings is 1. The van der Waals surface area contributed by atoms with Crippen LogP contribution in [-0.2, 0) is 18.3 Å². The summed E-state index contributed by atoms with van der Waals surface area (Å²) in [6.45, 7) is 3.79. The van der Waals surface area contributed by atoms with Crippen LogP contribution in [0.25, 0.3) is 10.2 Å². The fraction of sp³-hybridized carbons (Fsp3) is 0.353. The summed E-state index contributed by atoms with van der Waals surface area (Å²) < 4.78 is 15.3. The average molecular weight is 360 g/mol. The number of carbonyl (C=O) groups excluding carboxylic acids is 1. The molecule has 0 N–H and O–H groups in total. The van der Waals surface area contributed by atoms with Gasteiger partial charge in [-0.05, 0) is 31.2 Å². The van der Waals surface area contributed by atoms with Crippen LogP contribution in [0.5, 0.6) is 5.75 Å². The molecule has 0 bridgehead atoms. The first-order chi connectivity index (χ1) is 12.1. The lowest BCUT2D eigenvalue weighted by atomic mass is 10.3. The van der Waals surface area contributed by atoms with E-state index >= 15 is 0 Å². The predicted molar refractivity (Wildman–Crippen MR) is 96.0 cm³/mol. The Hall–Kier alpha value is -2.45. The number of ether oxygens (including phenoxy) is 2. The molecule has 2 heterocycles. The largest absolute Gasteiger partial charge is 0.497 e. The summed E-state index contributed by atoms with van der Waals surface area (Å²) in [7, 11) is 3.36. The molecule has 0 spiro atoms. The van der Waals surface area contributed by atoms with Crippen LogP contribution in [0.15, 0.2) is 35.5 Å². The molecule has 0 atom stereocenters. The molecule has 3 rings (SSSR count). The number of aromatic nitrogens is 3. The van der Waals surface area contributed by atoms with E-state index in [1.54, 1.807) is 26.4 Å². The van der Waals surface area contributed by atoms with Crippen LogP contribution in [0.1, 0.15) is 17.4 Å². The topological polar surface area (TPSA) is 70.6 Å². The third kappa shape index (κ3) is 3.64. The molecule has 2 aromatic heterocycles. The summed E-state index contributed by atoms with van der Waals surface area (Å²) in [5, 5.41) is 4.02. The Bertz CT molecular complexity index is 954. The van der Waals surface area contributed by atoms with E-state index in [1.807, 2.05) is 29.7 Å². The van der Waals surface area contributed by atoms with Gasteiger partial charge in [-0.15, -0.1) is 0 Å². The normalized spacial score (nSPS) is 12.0. The molecule has 0 radical (unpaired) electrons. The summed E-state index contributed by atoms with van der Waals surface area (Å²) in [5.41, 5.74) is 1.45. The highest BCUT2D eigenvalue weighted by molar-refractivity contribution is 7.16. The SMILES string of the molecule is CCOCCn1c(=NC(=O)c2ccnn2C)sc2cc(OC)ccc21. The molecule has 1 amide bonds. The number of carbonyl (C=O) groups is 1. The Morgan fingerprint density at radius 2 is 2.20 bits per heavy atom. The Kier molecular flexibility index (Phi) is 5.30. The smallest absolute Gasteiger partial charge is 0.297 e. The molecule has 0 aliphatic rings. The molecule has 3 aromatic rings. The zero-order valence-corrected chi connectivity index (χ0v) is 15.2. The van der Waals surface area contributed by atoms with E-state index in [-0.39, 0.29) is 5.91 Å². The molecule has 132 valence electrons. The van der Waals surface area contributed by atoms with E-state index in [2.05, 4.69) is 10.1 Å². The number of benzene rings is 1. The molecule has 0 fully saturated rings. The van der Waals surface area contributed by atoms with E-state index in [0.717, 1.165) is 16.0 Å². The van der Waals surface area contributed by atoms with Crippen LogP contribution in [0.2, 0.25) is 0 Å². The van der Waals surface area contributed by atoms with E-state index in [4.69, 9.17) is 9.47 Å². The van der Waals surface area contributed by atoms with Crippen molar-refractivity contribution in [2.24, 2.45) is 12.0 Å². The van der Waals surface area contributed by atoms with Gasteiger partial charge in [0.05, 0.1) is 23.9 Å². The van der Waals surface area contributed by atoms with Crippen LogP contribution in [0.3, 0.4) is 0 Å². The van der Waals surface area contributed by atoms with Crippen molar-refractivity contribution in [3.8, 4) is 5.75 Å². The number of methoxy groups -OCH3 is 1. The third-order valence-corrected chi connectivity index (χ3v) is 4.83. The van der Waals surface area contributed by atoms with Crippen molar-refractivity contribution in [1.29, 1.82) is 0 Å². The number of aryl methyl sites for hydroxylation is 1. The number of nitrogens with zero attached hydrogens (tertiary/aromatic N) is 4. The zero-order valence-electron chi connectivity index (χ0n) is 14.4. The van der Waals surface area contributed by atoms with Gasteiger partial charge < -0.3 is 14.0 Å². The molecule has 0 aliphatic carbocycles. The summed E-state index contributed by atoms with van der Waals surface area (Å²) >= 11 is 1.45. The molecule has 0 saturated carbocycles. The minimum absolute atomic E-state index is 0.316. The molecule has 1 aromatic carbocycles. The minimum atomic E-state index is -0.316. The monoisotopic (exact) mass is 360 g/mol. The van der Waals surface area contributed by atoms with Crippen LogP contribution >= 0.6 is 11.3 Å². The quantitative estimate of drug-likeness (QED) is 0.632. The van der Waals surface area contributed by atoms with Crippen molar-refractivity contribution in [3.63, 3.8) is 0 Å². The second-order valence-corrected chi connectivity index (χ2v) is 6.33. The zero-order chi connectivity index (χ0) is 17.8. The van der Waals surface area contributed by atoms with Gasteiger partial charge in [0, 0.05) is 26.4 Å². The Labute approximate surface area is 149 Å². The van der Waals surface area contributed by atoms with E-state index in [0.29, 0.717) is 30.3 Å². The van der Waals surface area contributed by atoms with Gasteiger partial charge in [0.25, 0.3) is 5.91 Å². The van der Waals surface area contributed by atoms with Gasteiger partial charge in [-0.3, -0.25) is 9.48 Å². The maximum Gasteiger partial charge on any atom is 0.297 e. The molecular weight excluding hydrogens is 340 g/mol. The van der Waals surface area contributed by atoms with Gasteiger partial charge in [0.15, 0.2) is 4.80 Å². The first-order valence-electron chi connectivity index (χ1n) is 7.96. The summed E-state index contributed by atoms with van der Waals surface area (Å²) in [6, 6.07) is 7.49. The lowest BCUT2D eigenvalue weighted by Gasteiger charge is -2.06. The highest BCUT2D eigenvalue weighted by Gasteiger charge is 2.12. The predicted octanol–water partition coefficient (Wildman–Crippen LogP) is 2.22. The molecular formula is C17H20N4O3S. The maximum absolute atomic E-state index is 12.5. The van der Waals surface area contributed by atoms with Crippen molar-refractivity contribution < 1.29 is 14.3 Å². The number of fused-ring (bicyclic) bond motifs is 1. The molecule has 0 saturated heterocycles. The molecule has 0 aliphatic heterocycles. The lowest BCUT2D eigenvalue weighted by molar-refractivity contribution is 0.0987. The van der Waals surface area contributed by atoms with Gasteiger partial charge >= 0.3 is 0 Å². The Morgan fingerprint density at radius 3 is 2.88 bits per heavy atom. The molecule has 7 nitrogen and oxygen atoms in total. The van der Waals surface area contributed by atoms with Crippen molar-refractivity contribution >= 4 is 27.5 Å². The highest BCUT2D eigenvalue weighted by atomic mass is 32.1. The van der Waals surface area contributed by atoms with Gasteiger partial charge in [0.2, 0.25) is 0 Å². The van der Waals surface area contributed by atoms with Crippen LogP contribution < -0.4 is 9.54 Å². The summed E-state index contributed by atoms with van der Waals surface area (Å²) in [6.07, 6.45) is 1.59. The van der Waals surface area contributed by atoms with Gasteiger partial charge in [0.1, 0.15) is 11.4 Å².